The van der Waals surface area contributed by atoms with E-state index in [2.05, 4.69) is 9.97 Å². The van der Waals surface area contributed by atoms with E-state index in [0.717, 1.165) is 12.1 Å². The number of benzene rings is 2. The molecule has 1 aromatic heterocycles. The molecule has 4 nitrogen and oxygen atoms in total. The van der Waals surface area contributed by atoms with E-state index in [1.54, 1.807) is 18.2 Å². The highest BCUT2D eigenvalue weighted by atomic mass is 19.4. The van der Waals surface area contributed by atoms with Gasteiger partial charge in [-0.2, -0.15) is 13.2 Å². The van der Waals surface area contributed by atoms with E-state index < -0.39 is 17.7 Å². The molecule has 0 fully saturated rings. The number of imidazole rings is 1. The minimum atomic E-state index is -4.38. The zero-order valence-electron chi connectivity index (χ0n) is 11.7. The van der Waals surface area contributed by atoms with Gasteiger partial charge in [0, 0.05) is 5.56 Å². The molecular weight excluding hydrogens is 309 g/mol. The van der Waals surface area contributed by atoms with E-state index >= 15 is 0 Å². The number of hydrogen-bond acceptors (Lipinski definition) is 2. The van der Waals surface area contributed by atoms with Gasteiger partial charge in [-0.05, 0) is 29.8 Å². The van der Waals surface area contributed by atoms with Crippen LogP contribution in [0.15, 0.2) is 42.5 Å². The Kier molecular flexibility index (Phi) is 3.55. The van der Waals surface area contributed by atoms with Gasteiger partial charge in [0.15, 0.2) is 0 Å². The average molecular weight is 320 g/mol. The minimum absolute atomic E-state index is 0.113. The predicted octanol–water partition coefficient (Wildman–Crippen LogP) is 3.88. The molecule has 3 rings (SSSR count). The van der Waals surface area contributed by atoms with Crippen molar-refractivity contribution in [2.45, 2.75) is 12.6 Å². The van der Waals surface area contributed by atoms with Crippen LogP contribution in [0.3, 0.4) is 0 Å². The number of alkyl halides is 3. The third-order valence-corrected chi connectivity index (χ3v) is 3.39. The number of hydrogen-bond donors (Lipinski definition) is 2. The molecule has 1 heterocycles. The highest BCUT2D eigenvalue weighted by Crippen LogP contribution is 2.30. The van der Waals surface area contributed by atoms with Crippen molar-refractivity contribution in [3.63, 3.8) is 0 Å². The Morgan fingerprint density at radius 2 is 1.83 bits per heavy atom. The van der Waals surface area contributed by atoms with E-state index in [4.69, 9.17) is 5.11 Å². The van der Waals surface area contributed by atoms with E-state index in [1.807, 2.05) is 0 Å². The quantitative estimate of drug-likeness (QED) is 0.770. The molecule has 2 aromatic carbocycles. The van der Waals surface area contributed by atoms with E-state index in [9.17, 15) is 18.0 Å². The number of carboxylic acids is 1. The molecule has 0 bridgehead atoms. The summed E-state index contributed by atoms with van der Waals surface area (Å²) in [4.78, 5) is 18.0. The fourth-order valence-electron chi connectivity index (χ4n) is 2.29. The highest BCUT2D eigenvalue weighted by Gasteiger charge is 2.30. The minimum Gasteiger partial charge on any atom is -0.481 e. The predicted molar refractivity (Wildman–Crippen MR) is 77.9 cm³/mol. The maximum Gasteiger partial charge on any atom is 0.416 e. The fraction of sp³-hybridized carbons (Fsp3) is 0.125. The van der Waals surface area contributed by atoms with Crippen LogP contribution in [0.2, 0.25) is 0 Å². The van der Waals surface area contributed by atoms with Gasteiger partial charge in [-0.3, -0.25) is 4.79 Å². The zero-order chi connectivity index (χ0) is 16.6. The van der Waals surface area contributed by atoms with Crippen LogP contribution in [0.4, 0.5) is 13.2 Å². The van der Waals surface area contributed by atoms with Crippen molar-refractivity contribution in [3.8, 4) is 11.4 Å². The summed E-state index contributed by atoms with van der Waals surface area (Å²) in [5.41, 5.74) is 1.67. The molecule has 0 saturated carbocycles. The fourth-order valence-corrected chi connectivity index (χ4v) is 2.29. The lowest BCUT2D eigenvalue weighted by atomic mass is 10.1. The van der Waals surface area contributed by atoms with Crippen LogP contribution in [-0.4, -0.2) is 21.0 Å². The first-order chi connectivity index (χ1) is 10.8. The Morgan fingerprint density at radius 3 is 2.43 bits per heavy atom. The van der Waals surface area contributed by atoms with Gasteiger partial charge < -0.3 is 10.1 Å². The van der Waals surface area contributed by atoms with Crippen molar-refractivity contribution < 1.29 is 23.1 Å². The molecule has 0 radical (unpaired) electrons. The van der Waals surface area contributed by atoms with Gasteiger partial charge in [0.25, 0.3) is 0 Å². The van der Waals surface area contributed by atoms with Gasteiger partial charge in [-0.1, -0.05) is 18.2 Å². The molecule has 2 N–H and O–H groups in total. The maximum absolute atomic E-state index is 12.6. The number of H-pyrrole nitrogens is 1. The molecular formula is C16H11F3N2O2. The lowest BCUT2D eigenvalue weighted by Crippen LogP contribution is -2.04. The summed E-state index contributed by atoms with van der Waals surface area (Å²) in [6.45, 7) is 0. The number of aromatic nitrogens is 2. The standard InChI is InChI=1S/C16H11F3N2O2/c17-16(18,19)11-4-2-10(3-5-11)15-20-12-6-1-9(8-14(22)23)7-13(12)21-15/h1-7H,8H2,(H,20,21)(H,22,23). The first kappa shape index (κ1) is 15.1. The van der Waals surface area contributed by atoms with Crippen LogP contribution in [-0.2, 0) is 17.4 Å². The lowest BCUT2D eigenvalue weighted by molar-refractivity contribution is -0.138. The van der Waals surface area contributed by atoms with Gasteiger partial charge in [-0.25, -0.2) is 4.98 Å². The third kappa shape index (κ3) is 3.18. The molecule has 0 aliphatic heterocycles. The van der Waals surface area contributed by atoms with Crippen molar-refractivity contribution in [1.82, 2.24) is 9.97 Å². The Hall–Kier alpha value is -2.83. The van der Waals surface area contributed by atoms with Gasteiger partial charge in [0.05, 0.1) is 23.0 Å². The van der Waals surface area contributed by atoms with Gasteiger partial charge in [0.1, 0.15) is 5.82 Å². The van der Waals surface area contributed by atoms with Crippen molar-refractivity contribution >= 4 is 17.0 Å². The topological polar surface area (TPSA) is 66.0 Å². The monoisotopic (exact) mass is 320 g/mol. The molecule has 118 valence electrons. The van der Waals surface area contributed by atoms with Gasteiger partial charge >= 0.3 is 12.1 Å². The summed E-state index contributed by atoms with van der Waals surface area (Å²) < 4.78 is 37.7. The SMILES string of the molecule is O=C(O)Cc1ccc2[nH]c(-c3ccc(C(F)(F)F)cc3)nc2c1. The molecule has 7 heteroatoms. The van der Waals surface area contributed by atoms with E-state index in [-0.39, 0.29) is 6.42 Å². The molecule has 23 heavy (non-hydrogen) atoms. The number of nitrogens with zero attached hydrogens (tertiary/aromatic N) is 1. The Morgan fingerprint density at radius 1 is 1.13 bits per heavy atom. The lowest BCUT2D eigenvalue weighted by Gasteiger charge is -2.06. The summed E-state index contributed by atoms with van der Waals surface area (Å²) >= 11 is 0. The van der Waals surface area contributed by atoms with Crippen LogP contribution < -0.4 is 0 Å². The Labute approximate surface area is 128 Å². The van der Waals surface area contributed by atoms with Crippen LogP contribution in [0, 0.1) is 0 Å². The Bertz CT molecular complexity index is 867. The van der Waals surface area contributed by atoms with Crippen LogP contribution in [0.1, 0.15) is 11.1 Å². The van der Waals surface area contributed by atoms with Crippen molar-refractivity contribution in [3.05, 3.63) is 53.6 Å². The van der Waals surface area contributed by atoms with Crippen LogP contribution >= 0.6 is 0 Å². The number of nitrogens with one attached hydrogen (secondary N) is 1. The van der Waals surface area contributed by atoms with E-state index in [1.165, 1.54) is 12.1 Å². The molecule has 0 unspecified atom stereocenters. The summed E-state index contributed by atoms with van der Waals surface area (Å²) in [7, 11) is 0. The number of fused-ring (bicyclic) bond motifs is 1. The number of aliphatic carboxylic acids is 1. The first-order valence-corrected chi connectivity index (χ1v) is 6.71. The number of rotatable bonds is 3. The normalized spacial score (nSPS) is 11.8. The summed E-state index contributed by atoms with van der Waals surface area (Å²) in [6, 6.07) is 9.71. The largest absolute Gasteiger partial charge is 0.481 e. The summed E-state index contributed by atoms with van der Waals surface area (Å²) in [6.07, 6.45) is -4.49. The Balaban J connectivity index is 1.95. The van der Waals surface area contributed by atoms with Crippen LogP contribution in [0.25, 0.3) is 22.4 Å². The molecule has 0 spiro atoms. The number of carboxylic acid groups (broad SMARTS) is 1. The average Bonchev–Trinajstić information content (AvgIpc) is 2.89. The number of halogens is 3. The van der Waals surface area contributed by atoms with Crippen LogP contribution in [0.5, 0.6) is 0 Å². The number of carbonyl (C=O) groups is 1. The molecule has 3 aromatic rings. The second kappa shape index (κ2) is 5.42. The second-order valence-corrected chi connectivity index (χ2v) is 5.08. The second-order valence-electron chi connectivity index (χ2n) is 5.08. The zero-order valence-corrected chi connectivity index (χ0v) is 11.7. The van der Waals surface area contributed by atoms with Crippen molar-refractivity contribution in [2.75, 3.05) is 0 Å². The maximum atomic E-state index is 12.6. The summed E-state index contributed by atoms with van der Waals surface area (Å²) in [5.74, 6) is -0.510. The molecule has 0 atom stereocenters. The smallest absolute Gasteiger partial charge is 0.416 e. The van der Waals surface area contributed by atoms with E-state index in [0.29, 0.717) is 28.0 Å². The number of aromatic amines is 1. The first-order valence-electron chi connectivity index (χ1n) is 6.71. The molecule has 0 aliphatic rings. The highest BCUT2D eigenvalue weighted by molar-refractivity contribution is 5.81. The van der Waals surface area contributed by atoms with Gasteiger partial charge in [0.2, 0.25) is 0 Å². The summed E-state index contributed by atoms with van der Waals surface area (Å²) in [5, 5.41) is 8.79. The van der Waals surface area contributed by atoms with Gasteiger partial charge in [-0.15, -0.1) is 0 Å². The molecule has 0 amide bonds. The van der Waals surface area contributed by atoms with Crippen molar-refractivity contribution in [2.24, 2.45) is 0 Å². The third-order valence-electron chi connectivity index (χ3n) is 3.39. The molecule has 0 aliphatic carbocycles. The molecule has 0 saturated heterocycles. The van der Waals surface area contributed by atoms with Crippen molar-refractivity contribution in [1.29, 1.82) is 0 Å².